The molecule has 0 N–H and O–H groups in total. The van der Waals surface area contributed by atoms with Crippen molar-refractivity contribution in [2.45, 2.75) is 78.6 Å². The zero-order valence-electron chi connectivity index (χ0n) is 75.5. The summed E-state index contributed by atoms with van der Waals surface area (Å²) in [6, 6.07) is 159. The van der Waals surface area contributed by atoms with Gasteiger partial charge in [-0.1, -0.05) is 347 Å². The number of nitrogens with zero attached hydrogens (tertiary/aromatic N) is 4. The third kappa shape index (κ3) is 12.9. The topological polar surface area (TPSA) is 16.3 Å². The van der Waals surface area contributed by atoms with Crippen LogP contribution in [0.25, 0.3) is 186 Å². The third-order valence-electron chi connectivity index (χ3n) is 28.4. The van der Waals surface area contributed by atoms with Crippen molar-refractivity contribution in [1.29, 1.82) is 0 Å². The largest absolute Gasteiger partial charge is 0.310 e. The number of fused-ring (bicyclic) bond motifs is 26. The van der Waals surface area contributed by atoms with Crippen molar-refractivity contribution in [2.24, 2.45) is 0 Å². The minimum absolute atomic E-state index is 0.306. The molecule has 0 spiro atoms. The molecule has 0 amide bonds. The van der Waals surface area contributed by atoms with Crippen LogP contribution in [0.2, 0.25) is 0 Å². The lowest BCUT2D eigenvalue weighted by Crippen LogP contribution is -2.61. The van der Waals surface area contributed by atoms with E-state index in [2.05, 4.69) is 494 Å². The lowest BCUT2D eigenvalue weighted by atomic mass is 9.33. The van der Waals surface area contributed by atoms with Crippen LogP contribution in [-0.4, -0.2) is 15.8 Å². The molecule has 0 atom stereocenters. The number of hydrogen-bond donors (Lipinski definition) is 0. The van der Waals surface area contributed by atoms with Gasteiger partial charge in [0.15, 0.2) is 0 Å². The van der Waals surface area contributed by atoms with Crippen LogP contribution < -0.4 is 26.2 Å². The average molecular weight is 1710 g/mol. The Balaban J connectivity index is 0.880. The second-order valence-electron chi connectivity index (χ2n) is 39.6. The highest BCUT2D eigenvalue weighted by Gasteiger charge is 2.47. The first kappa shape index (κ1) is 78.9. The first-order valence-electron chi connectivity index (χ1n) is 46.4. The van der Waals surface area contributed by atoms with Gasteiger partial charge in [0.2, 0.25) is 0 Å². The van der Waals surface area contributed by atoms with Gasteiger partial charge in [0, 0.05) is 98.1 Å². The van der Waals surface area contributed by atoms with Gasteiger partial charge in [-0.2, -0.15) is 0 Å². The van der Waals surface area contributed by atoms with Gasteiger partial charge in [-0.05, 0) is 266 Å². The van der Waals surface area contributed by atoms with E-state index in [1.807, 2.05) is 11.3 Å². The van der Waals surface area contributed by atoms with E-state index >= 15 is 0 Å². The molecular formula is C126H95BN4S. The van der Waals surface area contributed by atoms with E-state index in [-0.39, 0.29) is 17.5 Å². The van der Waals surface area contributed by atoms with Crippen LogP contribution in [0.1, 0.15) is 79.0 Å². The predicted molar refractivity (Wildman–Crippen MR) is 566 cm³/mol. The Kier molecular flexibility index (Phi) is 18.0. The first-order valence-corrected chi connectivity index (χ1v) is 47.2. The molecule has 0 saturated carbocycles. The number of thiophene rings is 1. The van der Waals surface area contributed by atoms with E-state index in [0.717, 1.165) is 151 Å². The summed E-state index contributed by atoms with van der Waals surface area (Å²) < 4.78 is 7.65. The highest BCUT2D eigenvalue weighted by Crippen LogP contribution is 2.58. The van der Waals surface area contributed by atoms with Crippen molar-refractivity contribution in [3.8, 4) is 123 Å². The fourth-order valence-corrected chi connectivity index (χ4v) is 22.7. The molecule has 6 heterocycles. The van der Waals surface area contributed by atoms with Crippen LogP contribution in [0.3, 0.4) is 0 Å². The Hall–Kier alpha value is -15.3. The van der Waals surface area contributed by atoms with E-state index < -0.39 is 5.41 Å². The number of aromatic nitrogens is 2. The Labute approximate surface area is 776 Å². The standard InChI is InChI=1S/C126H95BN4S/c1-124(2,3)94-70-103(83-49-47-82(48-50-83)78-29-14-10-15-30-78)122-104(71-94)92-41-27-38-85(64-92)87-53-61-119-107(66-87)108-67-88(54-62-120(108)132-119)86-39-28-42-93(65-86)106-73-95(125(4,5)6)72-105(91-40-26-37-84(63-91)79-31-16-11-17-32-79)123(106)131-116-77-98(129-112-46-25-23-44-100(112)102-58-52-90(69-114(102)129)81-35-20-13-21-36-81)56-60-110(116)127-109-59-55-97(76-115(109)130(122)117-74-96(126(7,8)9)75-118(131)121(117)127)128-111-45-24-22-43-99(111)101-57-51-89(68-113(101)128)80-33-18-12-19-34-80/h10-77H,1-9H3. The number of hydrogen-bond acceptors (Lipinski definition) is 3. The molecule has 19 aromatic carbocycles. The Morgan fingerprint density at radius 2 is 0.500 bits per heavy atom. The molecule has 3 aromatic heterocycles. The van der Waals surface area contributed by atoms with Crippen molar-refractivity contribution in [1.82, 2.24) is 9.13 Å². The van der Waals surface area contributed by atoms with E-state index in [1.54, 1.807) is 0 Å². The fourth-order valence-electron chi connectivity index (χ4n) is 21.6. The SMILES string of the molecule is CC(C)(C)c1cc(-c2ccc(-c3ccccc3)cc2)c2c(c1)-c1cccc(c1)-c1ccc3sc4ccc(cc4c3c1)-c1cccc(c1)-c1cc(C(C)(C)C)cc(-c3cccc(-c4ccccc4)c3)c1N1c3cc(-n4c5ccccc5c5ccc(-c6ccccc6)cc54)ccc3B3c4ccc(-n5c6ccccc6c6ccc(-c7ccccc7)cc65)cc4N2c2cc(C(C)(C)C)cc1c23. The summed E-state index contributed by atoms with van der Waals surface area (Å²) in [5, 5.41) is 7.31. The summed E-state index contributed by atoms with van der Waals surface area (Å²) >= 11 is 1.88. The molecule has 0 aliphatic carbocycles. The summed E-state index contributed by atoms with van der Waals surface area (Å²) in [6.45, 7) is 21.3. The molecule has 3 aliphatic heterocycles. The minimum Gasteiger partial charge on any atom is -0.310 e. The summed E-state index contributed by atoms with van der Waals surface area (Å²) in [5.74, 6) is 0. The maximum Gasteiger partial charge on any atom is 0.252 e. The van der Waals surface area contributed by atoms with Crippen LogP contribution in [0.5, 0.6) is 0 Å². The van der Waals surface area contributed by atoms with Gasteiger partial charge in [0.25, 0.3) is 6.71 Å². The predicted octanol–water partition coefficient (Wildman–Crippen LogP) is 33.2. The highest BCUT2D eigenvalue weighted by atomic mass is 32.1. The van der Waals surface area contributed by atoms with Crippen molar-refractivity contribution in [3.63, 3.8) is 0 Å². The van der Waals surface area contributed by atoms with Crippen LogP contribution in [0.15, 0.2) is 413 Å². The number of benzene rings is 19. The molecule has 628 valence electrons. The normalized spacial score (nSPS) is 12.8. The second kappa shape index (κ2) is 30.1. The van der Waals surface area contributed by atoms with Gasteiger partial charge in [-0.25, -0.2) is 0 Å². The number of rotatable bonds is 8. The fraction of sp³-hybridized carbons (Fsp3) is 0.0952. The monoisotopic (exact) mass is 1710 g/mol. The molecule has 0 saturated heterocycles. The minimum atomic E-state index is -0.429. The van der Waals surface area contributed by atoms with Crippen molar-refractivity contribution in [2.75, 3.05) is 9.80 Å². The third-order valence-corrected chi connectivity index (χ3v) is 29.6. The van der Waals surface area contributed by atoms with Gasteiger partial charge >= 0.3 is 0 Å². The molecule has 132 heavy (non-hydrogen) atoms. The lowest BCUT2D eigenvalue weighted by molar-refractivity contribution is 0.590. The van der Waals surface area contributed by atoms with Gasteiger partial charge < -0.3 is 18.9 Å². The van der Waals surface area contributed by atoms with Gasteiger partial charge in [0.1, 0.15) is 0 Å². The van der Waals surface area contributed by atoms with Crippen LogP contribution in [0.4, 0.5) is 34.1 Å². The van der Waals surface area contributed by atoms with Crippen molar-refractivity contribution < 1.29 is 0 Å². The van der Waals surface area contributed by atoms with Crippen molar-refractivity contribution in [3.05, 3.63) is 429 Å². The Bertz CT molecular complexity index is 8500. The highest BCUT2D eigenvalue weighted by molar-refractivity contribution is 7.25. The summed E-state index contributed by atoms with van der Waals surface area (Å²) in [6.07, 6.45) is 0. The zero-order chi connectivity index (χ0) is 88.7. The maximum atomic E-state index is 2.80. The van der Waals surface area contributed by atoms with E-state index in [1.165, 1.54) is 103 Å². The first-order chi connectivity index (χ1) is 64.3. The van der Waals surface area contributed by atoms with E-state index in [0.29, 0.717) is 0 Å². The lowest BCUT2D eigenvalue weighted by Gasteiger charge is -2.47. The second-order valence-corrected chi connectivity index (χ2v) is 40.7. The zero-order valence-corrected chi connectivity index (χ0v) is 76.4. The molecule has 0 unspecified atom stereocenters. The van der Waals surface area contributed by atoms with Crippen LogP contribution >= 0.6 is 11.3 Å². The Morgan fingerprint density at radius 3 is 0.902 bits per heavy atom. The molecule has 6 heteroatoms. The average Bonchev–Trinajstić information content (AvgIpc) is 0.780. The molecule has 3 aliphatic rings. The molecule has 13 bridgehead atoms. The van der Waals surface area contributed by atoms with Gasteiger partial charge in [0.05, 0.1) is 33.4 Å². The summed E-state index contributed by atoms with van der Waals surface area (Å²) in [7, 11) is 0. The van der Waals surface area contributed by atoms with Crippen LogP contribution in [0, 0.1) is 0 Å². The summed E-state index contributed by atoms with van der Waals surface area (Å²) in [5.41, 5.74) is 42.7. The molecule has 4 nitrogen and oxygen atoms in total. The molecular weight excluding hydrogens is 1610 g/mol. The number of para-hydroxylation sites is 2. The maximum absolute atomic E-state index is 2.80. The molecule has 0 radical (unpaired) electrons. The summed E-state index contributed by atoms with van der Waals surface area (Å²) in [4.78, 5) is 5.59. The van der Waals surface area contributed by atoms with Crippen LogP contribution in [-0.2, 0) is 16.2 Å². The van der Waals surface area contributed by atoms with E-state index in [4.69, 9.17) is 0 Å². The van der Waals surface area contributed by atoms with Gasteiger partial charge in [-0.3, -0.25) is 0 Å². The van der Waals surface area contributed by atoms with E-state index in [9.17, 15) is 0 Å². The van der Waals surface area contributed by atoms with Gasteiger partial charge in [-0.15, -0.1) is 11.3 Å². The molecule has 22 aromatic rings. The quantitative estimate of drug-likeness (QED) is 0.141. The van der Waals surface area contributed by atoms with Crippen molar-refractivity contribution >= 4 is 132 Å². The smallest absolute Gasteiger partial charge is 0.252 e. The Morgan fingerprint density at radius 1 is 0.205 bits per heavy atom. The number of anilines is 6. The molecule has 25 rings (SSSR count). The molecule has 0 fully saturated rings.